The number of carbonyl (C=O) groups excluding carboxylic acids is 4. The number of primary amides is 1. The smallest absolute Gasteiger partial charge is 0.243 e. The molecule has 0 saturated carbocycles. The van der Waals surface area contributed by atoms with Crippen LogP contribution in [0.2, 0.25) is 0 Å². The molecule has 2 heterocycles. The lowest BCUT2D eigenvalue weighted by molar-refractivity contribution is -0.132. The predicted molar refractivity (Wildman–Crippen MR) is 91.4 cm³/mol. The number of aromatic nitrogens is 2. The van der Waals surface area contributed by atoms with Crippen LogP contribution in [0, 0.1) is 0 Å². The molecule has 0 spiro atoms. The van der Waals surface area contributed by atoms with E-state index in [9.17, 15) is 19.2 Å². The monoisotopic (exact) mass is 364 g/mol. The van der Waals surface area contributed by atoms with Gasteiger partial charge in [0.15, 0.2) is 0 Å². The van der Waals surface area contributed by atoms with Crippen LogP contribution in [0.1, 0.15) is 38.3 Å². The molecule has 3 atom stereocenters. The van der Waals surface area contributed by atoms with E-state index in [0.29, 0.717) is 25.0 Å². The Morgan fingerprint density at radius 1 is 1.35 bits per heavy atom. The van der Waals surface area contributed by atoms with Crippen molar-refractivity contribution in [3.63, 3.8) is 0 Å². The van der Waals surface area contributed by atoms with Gasteiger partial charge < -0.3 is 26.7 Å². The number of nitrogens with zero attached hydrogens (tertiary/aromatic N) is 1. The molecule has 4 amide bonds. The van der Waals surface area contributed by atoms with Crippen molar-refractivity contribution in [2.45, 2.75) is 57.2 Å². The zero-order valence-corrected chi connectivity index (χ0v) is 14.6. The summed E-state index contributed by atoms with van der Waals surface area (Å²) in [7, 11) is 0. The highest BCUT2D eigenvalue weighted by molar-refractivity contribution is 5.95. The molecule has 3 unspecified atom stereocenters. The standard InChI is InChI=1S/C16H24N6O4/c1-2-3-10(14(17)24)21-16(26)12(6-9-7-18-8-19-9)22-15(25)11-4-5-13(23)20-11/h7-8,10-12H,2-6H2,1H3,(H2,17,24)(H,18,19)(H,20,23)(H,21,26)(H,22,25). The fourth-order valence-corrected chi connectivity index (χ4v) is 2.76. The first kappa shape index (κ1) is 19.4. The first-order valence-corrected chi connectivity index (χ1v) is 8.57. The summed E-state index contributed by atoms with van der Waals surface area (Å²) in [6, 6.07) is -2.40. The molecule has 1 fully saturated rings. The van der Waals surface area contributed by atoms with Gasteiger partial charge in [0.2, 0.25) is 23.6 Å². The summed E-state index contributed by atoms with van der Waals surface area (Å²) in [6.07, 6.45) is 4.90. The highest BCUT2D eigenvalue weighted by Crippen LogP contribution is 2.08. The number of aromatic amines is 1. The van der Waals surface area contributed by atoms with E-state index in [4.69, 9.17) is 5.73 Å². The first-order valence-electron chi connectivity index (χ1n) is 8.57. The summed E-state index contributed by atoms with van der Waals surface area (Å²) in [5.41, 5.74) is 5.96. The van der Waals surface area contributed by atoms with E-state index in [-0.39, 0.29) is 18.7 Å². The van der Waals surface area contributed by atoms with Crippen molar-refractivity contribution >= 4 is 23.6 Å². The van der Waals surface area contributed by atoms with Crippen molar-refractivity contribution in [3.8, 4) is 0 Å². The molecule has 2 rings (SSSR count). The summed E-state index contributed by atoms with van der Waals surface area (Å²) < 4.78 is 0. The molecule has 0 bridgehead atoms. The Morgan fingerprint density at radius 2 is 2.12 bits per heavy atom. The Bertz CT molecular complexity index is 660. The molecule has 10 nitrogen and oxygen atoms in total. The minimum Gasteiger partial charge on any atom is -0.368 e. The number of carbonyl (C=O) groups is 4. The van der Waals surface area contributed by atoms with Crippen LogP contribution in [0.3, 0.4) is 0 Å². The lowest BCUT2D eigenvalue weighted by atomic mass is 10.1. The average Bonchev–Trinajstić information content (AvgIpc) is 3.25. The van der Waals surface area contributed by atoms with Crippen molar-refractivity contribution in [3.05, 3.63) is 18.2 Å². The zero-order chi connectivity index (χ0) is 19.1. The highest BCUT2D eigenvalue weighted by Gasteiger charge is 2.31. The Labute approximate surface area is 150 Å². The second-order valence-corrected chi connectivity index (χ2v) is 6.25. The molecular formula is C16H24N6O4. The first-order chi connectivity index (χ1) is 12.4. The molecule has 1 saturated heterocycles. The number of H-pyrrole nitrogens is 1. The fraction of sp³-hybridized carbons (Fsp3) is 0.562. The van der Waals surface area contributed by atoms with Gasteiger partial charge in [-0.15, -0.1) is 0 Å². The second-order valence-electron chi connectivity index (χ2n) is 6.25. The summed E-state index contributed by atoms with van der Waals surface area (Å²) >= 11 is 0. The van der Waals surface area contributed by atoms with Crippen LogP contribution in [-0.4, -0.2) is 51.7 Å². The van der Waals surface area contributed by atoms with Crippen LogP contribution in [0.15, 0.2) is 12.5 Å². The molecule has 0 radical (unpaired) electrons. The Kier molecular flexibility index (Phi) is 6.70. The van der Waals surface area contributed by atoms with E-state index in [1.165, 1.54) is 6.33 Å². The van der Waals surface area contributed by atoms with E-state index in [2.05, 4.69) is 25.9 Å². The van der Waals surface area contributed by atoms with Crippen LogP contribution in [0.25, 0.3) is 0 Å². The third-order valence-electron chi connectivity index (χ3n) is 4.16. The van der Waals surface area contributed by atoms with Gasteiger partial charge >= 0.3 is 0 Å². The van der Waals surface area contributed by atoms with Gasteiger partial charge in [-0.2, -0.15) is 0 Å². The number of nitrogens with two attached hydrogens (primary N) is 1. The van der Waals surface area contributed by atoms with Crippen molar-refractivity contribution in [1.82, 2.24) is 25.9 Å². The SMILES string of the molecule is CCCC(NC(=O)C(Cc1cnc[nH]1)NC(=O)C1CCC(=O)N1)C(N)=O. The van der Waals surface area contributed by atoms with E-state index in [0.717, 1.165) is 0 Å². The maximum absolute atomic E-state index is 12.6. The third-order valence-corrected chi connectivity index (χ3v) is 4.16. The van der Waals surface area contributed by atoms with Crippen LogP contribution >= 0.6 is 0 Å². The van der Waals surface area contributed by atoms with Crippen LogP contribution < -0.4 is 21.7 Å². The number of imidazole rings is 1. The van der Waals surface area contributed by atoms with Crippen molar-refractivity contribution < 1.29 is 19.2 Å². The quantitative estimate of drug-likeness (QED) is 0.359. The van der Waals surface area contributed by atoms with Crippen LogP contribution in [-0.2, 0) is 25.6 Å². The van der Waals surface area contributed by atoms with Crippen molar-refractivity contribution in [2.24, 2.45) is 5.73 Å². The third kappa shape index (κ3) is 5.30. The molecule has 1 aromatic heterocycles. The molecule has 0 aromatic carbocycles. The number of hydrogen-bond acceptors (Lipinski definition) is 5. The van der Waals surface area contributed by atoms with E-state index in [1.54, 1.807) is 6.20 Å². The number of hydrogen-bond donors (Lipinski definition) is 5. The van der Waals surface area contributed by atoms with Gasteiger partial charge in [-0.3, -0.25) is 19.2 Å². The molecular weight excluding hydrogens is 340 g/mol. The summed E-state index contributed by atoms with van der Waals surface area (Å²) in [5.74, 6) is -1.79. The van der Waals surface area contributed by atoms with E-state index >= 15 is 0 Å². The number of nitrogens with one attached hydrogen (secondary N) is 4. The van der Waals surface area contributed by atoms with Gasteiger partial charge in [-0.1, -0.05) is 13.3 Å². The van der Waals surface area contributed by atoms with Gasteiger partial charge in [-0.25, -0.2) is 4.98 Å². The van der Waals surface area contributed by atoms with Crippen molar-refractivity contribution in [1.29, 1.82) is 0 Å². The molecule has 10 heteroatoms. The zero-order valence-electron chi connectivity index (χ0n) is 14.6. The topological polar surface area (TPSA) is 159 Å². The predicted octanol–water partition coefficient (Wildman–Crippen LogP) is -1.51. The molecule has 26 heavy (non-hydrogen) atoms. The Balaban J connectivity index is 2.06. The summed E-state index contributed by atoms with van der Waals surface area (Å²) in [6.45, 7) is 1.87. The molecule has 1 aliphatic heterocycles. The van der Waals surface area contributed by atoms with Gasteiger partial charge in [-0.05, 0) is 12.8 Å². The lowest BCUT2D eigenvalue weighted by Gasteiger charge is -2.22. The van der Waals surface area contributed by atoms with Gasteiger partial charge in [0, 0.05) is 24.7 Å². The second kappa shape index (κ2) is 8.97. The number of rotatable bonds is 9. The average molecular weight is 364 g/mol. The largest absolute Gasteiger partial charge is 0.368 e. The van der Waals surface area contributed by atoms with E-state index < -0.39 is 35.8 Å². The van der Waals surface area contributed by atoms with Crippen molar-refractivity contribution in [2.75, 3.05) is 0 Å². The fourth-order valence-electron chi connectivity index (χ4n) is 2.76. The van der Waals surface area contributed by atoms with E-state index in [1.807, 2.05) is 6.92 Å². The van der Waals surface area contributed by atoms with Gasteiger partial charge in [0.25, 0.3) is 0 Å². The minimum absolute atomic E-state index is 0.163. The maximum atomic E-state index is 12.6. The summed E-state index contributed by atoms with van der Waals surface area (Å²) in [4.78, 5) is 54.5. The molecule has 1 aliphatic rings. The molecule has 0 aliphatic carbocycles. The van der Waals surface area contributed by atoms with Crippen LogP contribution in [0.4, 0.5) is 0 Å². The van der Waals surface area contributed by atoms with Gasteiger partial charge in [0.05, 0.1) is 6.33 Å². The lowest BCUT2D eigenvalue weighted by Crippen LogP contribution is -2.56. The van der Waals surface area contributed by atoms with Gasteiger partial charge in [0.1, 0.15) is 18.1 Å². The molecule has 142 valence electrons. The maximum Gasteiger partial charge on any atom is 0.243 e. The Hall–Kier alpha value is -2.91. The molecule has 6 N–H and O–H groups in total. The van der Waals surface area contributed by atoms with Crippen LogP contribution in [0.5, 0.6) is 0 Å². The highest BCUT2D eigenvalue weighted by atomic mass is 16.2. The minimum atomic E-state index is -0.931. The summed E-state index contributed by atoms with van der Waals surface area (Å²) in [5, 5.41) is 7.78. The number of amides is 4. The normalized spacial score (nSPS) is 18.7. The molecule has 1 aromatic rings. The Morgan fingerprint density at radius 3 is 2.65 bits per heavy atom.